The van der Waals surface area contributed by atoms with E-state index in [0.717, 1.165) is 11.1 Å². The first-order valence-corrected chi connectivity index (χ1v) is 9.73. The standard InChI is InChI=1S/C23H18N4O4/c1-13-6-5-7-14(2)20(13)26-21(28)16-8-3-4-9-18(16)25-23(26)17-12-15(27(30)31)10-11-19(17)24-22(23)29/h3-12,25H,1-2H3,(H,24,29)/t23-/m1/s1. The second-order valence-corrected chi connectivity index (χ2v) is 7.70. The minimum Gasteiger partial charge on any atom is -0.350 e. The fraction of sp³-hybridized carbons (Fsp3) is 0.130. The molecule has 8 heteroatoms. The van der Waals surface area contributed by atoms with Gasteiger partial charge in [0.05, 0.1) is 16.2 Å². The summed E-state index contributed by atoms with van der Waals surface area (Å²) in [6.07, 6.45) is 0. The predicted molar refractivity (Wildman–Crippen MR) is 116 cm³/mol. The summed E-state index contributed by atoms with van der Waals surface area (Å²) >= 11 is 0. The van der Waals surface area contributed by atoms with Crippen LogP contribution in [0.5, 0.6) is 0 Å². The number of nitrogens with zero attached hydrogens (tertiary/aromatic N) is 2. The summed E-state index contributed by atoms with van der Waals surface area (Å²) in [7, 11) is 0. The van der Waals surface area contributed by atoms with Gasteiger partial charge in [0.25, 0.3) is 17.5 Å². The van der Waals surface area contributed by atoms with Crippen molar-refractivity contribution < 1.29 is 14.5 Å². The van der Waals surface area contributed by atoms with E-state index in [1.165, 1.54) is 23.1 Å². The minimum atomic E-state index is -1.66. The number of aryl methyl sites for hydroxylation is 2. The van der Waals surface area contributed by atoms with E-state index in [9.17, 15) is 19.7 Å². The molecule has 2 aliphatic rings. The molecule has 0 aliphatic carbocycles. The van der Waals surface area contributed by atoms with E-state index in [0.29, 0.717) is 28.2 Å². The van der Waals surface area contributed by atoms with Gasteiger partial charge in [-0.05, 0) is 43.2 Å². The highest BCUT2D eigenvalue weighted by atomic mass is 16.6. The van der Waals surface area contributed by atoms with Crippen molar-refractivity contribution in [3.8, 4) is 0 Å². The van der Waals surface area contributed by atoms with Crippen LogP contribution in [0.25, 0.3) is 0 Å². The van der Waals surface area contributed by atoms with Gasteiger partial charge in [-0.1, -0.05) is 30.3 Å². The number of benzene rings is 3. The Kier molecular flexibility index (Phi) is 3.88. The molecule has 2 heterocycles. The van der Waals surface area contributed by atoms with Crippen LogP contribution in [-0.2, 0) is 10.5 Å². The average molecular weight is 414 g/mol. The molecule has 154 valence electrons. The molecule has 2 amide bonds. The van der Waals surface area contributed by atoms with Crippen molar-refractivity contribution in [3.05, 3.63) is 93.0 Å². The maximum atomic E-state index is 13.8. The third-order valence-electron chi connectivity index (χ3n) is 5.86. The van der Waals surface area contributed by atoms with Crippen molar-refractivity contribution in [1.29, 1.82) is 0 Å². The SMILES string of the molecule is Cc1cccc(C)c1N1C(=O)c2ccccc2N[C@@]12C(=O)Nc1ccc([N+](=O)[O-])cc12. The third kappa shape index (κ3) is 2.48. The lowest BCUT2D eigenvalue weighted by molar-refractivity contribution is -0.384. The fourth-order valence-corrected chi connectivity index (χ4v) is 4.47. The highest BCUT2D eigenvalue weighted by Crippen LogP contribution is 2.49. The van der Waals surface area contributed by atoms with E-state index in [1.807, 2.05) is 32.0 Å². The molecule has 1 atom stereocenters. The van der Waals surface area contributed by atoms with Gasteiger partial charge in [-0.25, -0.2) is 0 Å². The third-order valence-corrected chi connectivity index (χ3v) is 5.86. The van der Waals surface area contributed by atoms with Gasteiger partial charge in [-0.15, -0.1) is 0 Å². The highest BCUT2D eigenvalue weighted by molar-refractivity contribution is 6.22. The fourth-order valence-electron chi connectivity index (χ4n) is 4.47. The summed E-state index contributed by atoms with van der Waals surface area (Å²) in [5.74, 6) is -0.838. The molecule has 1 spiro atoms. The molecule has 0 saturated carbocycles. The van der Waals surface area contributed by atoms with Gasteiger partial charge in [0, 0.05) is 29.1 Å². The van der Waals surface area contributed by atoms with Gasteiger partial charge in [-0.2, -0.15) is 0 Å². The molecule has 0 bridgehead atoms. The van der Waals surface area contributed by atoms with Crippen molar-refractivity contribution >= 4 is 34.6 Å². The topological polar surface area (TPSA) is 105 Å². The van der Waals surface area contributed by atoms with Crippen molar-refractivity contribution in [2.45, 2.75) is 19.5 Å². The van der Waals surface area contributed by atoms with Crippen LogP contribution >= 0.6 is 0 Å². The molecule has 0 radical (unpaired) electrons. The molecule has 5 rings (SSSR count). The van der Waals surface area contributed by atoms with Crippen molar-refractivity contribution in [2.75, 3.05) is 15.5 Å². The summed E-state index contributed by atoms with van der Waals surface area (Å²) in [6.45, 7) is 3.73. The number of anilines is 3. The largest absolute Gasteiger partial charge is 0.350 e. The van der Waals surface area contributed by atoms with Crippen molar-refractivity contribution in [2.24, 2.45) is 0 Å². The maximum Gasteiger partial charge on any atom is 0.276 e. The number of non-ortho nitro benzene ring substituents is 1. The molecule has 3 aromatic carbocycles. The second-order valence-electron chi connectivity index (χ2n) is 7.70. The van der Waals surface area contributed by atoms with Crippen LogP contribution in [0.1, 0.15) is 27.0 Å². The van der Waals surface area contributed by atoms with Gasteiger partial charge in [0.15, 0.2) is 0 Å². The van der Waals surface area contributed by atoms with Gasteiger partial charge in [0.1, 0.15) is 0 Å². The smallest absolute Gasteiger partial charge is 0.276 e. The molecule has 31 heavy (non-hydrogen) atoms. The van der Waals surface area contributed by atoms with Gasteiger partial charge >= 0.3 is 0 Å². The van der Waals surface area contributed by atoms with Gasteiger partial charge in [0.2, 0.25) is 5.66 Å². The van der Waals surface area contributed by atoms with Gasteiger partial charge < -0.3 is 10.6 Å². The number of rotatable bonds is 2. The molecule has 0 saturated heterocycles. The van der Waals surface area contributed by atoms with Crippen LogP contribution < -0.4 is 15.5 Å². The van der Waals surface area contributed by atoms with Crippen LogP contribution in [0.2, 0.25) is 0 Å². The van der Waals surface area contributed by atoms with E-state index in [1.54, 1.807) is 24.3 Å². The molecule has 2 aliphatic heterocycles. The van der Waals surface area contributed by atoms with Crippen molar-refractivity contribution in [1.82, 2.24) is 0 Å². The summed E-state index contributed by atoms with van der Waals surface area (Å²) in [5.41, 5.74) is 2.04. The molecule has 0 unspecified atom stereocenters. The number of carbonyl (C=O) groups excluding carboxylic acids is 2. The molecule has 8 nitrogen and oxygen atoms in total. The zero-order valence-corrected chi connectivity index (χ0v) is 16.8. The zero-order valence-electron chi connectivity index (χ0n) is 16.8. The lowest BCUT2D eigenvalue weighted by Gasteiger charge is -2.45. The molecule has 0 fully saturated rings. The van der Waals surface area contributed by atoms with E-state index >= 15 is 0 Å². The van der Waals surface area contributed by atoms with E-state index in [4.69, 9.17) is 0 Å². The Bertz CT molecular complexity index is 1280. The van der Waals surface area contributed by atoms with Crippen LogP contribution in [0.15, 0.2) is 60.7 Å². The minimum absolute atomic E-state index is 0.163. The summed E-state index contributed by atoms with van der Waals surface area (Å²) in [6, 6.07) is 16.7. The quantitative estimate of drug-likeness (QED) is 0.485. The Hall–Kier alpha value is -4.20. The Morgan fingerprint density at radius 2 is 1.65 bits per heavy atom. The molecule has 3 aromatic rings. The number of hydrogen-bond donors (Lipinski definition) is 2. The number of nitro benzene ring substituents is 1. The number of fused-ring (bicyclic) bond motifs is 3. The van der Waals surface area contributed by atoms with E-state index in [2.05, 4.69) is 10.6 Å². The molecular weight excluding hydrogens is 396 g/mol. The average Bonchev–Trinajstić information content (AvgIpc) is 3.01. The number of para-hydroxylation sites is 2. The van der Waals surface area contributed by atoms with E-state index in [-0.39, 0.29) is 11.6 Å². The van der Waals surface area contributed by atoms with Crippen LogP contribution in [0.4, 0.5) is 22.7 Å². The Morgan fingerprint density at radius 1 is 0.935 bits per heavy atom. The Labute approximate surface area is 177 Å². The lowest BCUT2D eigenvalue weighted by Crippen LogP contribution is -2.62. The summed E-state index contributed by atoms with van der Waals surface area (Å²) in [5, 5.41) is 17.5. The predicted octanol–water partition coefficient (Wildman–Crippen LogP) is 4.09. The first-order chi connectivity index (χ1) is 14.8. The monoisotopic (exact) mass is 414 g/mol. The number of hydrogen-bond acceptors (Lipinski definition) is 5. The van der Waals surface area contributed by atoms with Crippen molar-refractivity contribution in [3.63, 3.8) is 0 Å². The number of amides is 2. The lowest BCUT2D eigenvalue weighted by atomic mass is 9.90. The number of nitro groups is 1. The number of nitrogens with one attached hydrogen (secondary N) is 2. The van der Waals surface area contributed by atoms with Crippen LogP contribution in [0.3, 0.4) is 0 Å². The Balaban J connectivity index is 1.87. The van der Waals surface area contributed by atoms with E-state index < -0.39 is 16.5 Å². The molecular formula is C23H18N4O4. The Morgan fingerprint density at radius 3 is 2.35 bits per heavy atom. The first kappa shape index (κ1) is 18.8. The molecule has 2 N–H and O–H groups in total. The maximum absolute atomic E-state index is 13.8. The van der Waals surface area contributed by atoms with Crippen LogP contribution in [-0.4, -0.2) is 16.7 Å². The second kappa shape index (κ2) is 6.40. The highest BCUT2D eigenvalue weighted by Gasteiger charge is 2.58. The van der Waals surface area contributed by atoms with Gasteiger partial charge in [-0.3, -0.25) is 24.6 Å². The summed E-state index contributed by atoms with van der Waals surface area (Å²) < 4.78 is 0. The number of carbonyl (C=O) groups is 2. The normalized spacial score (nSPS) is 19.0. The zero-order chi connectivity index (χ0) is 21.9. The first-order valence-electron chi connectivity index (χ1n) is 9.73. The summed E-state index contributed by atoms with van der Waals surface area (Å²) in [4.78, 5) is 39.7. The van der Waals surface area contributed by atoms with Crippen LogP contribution in [0, 0.1) is 24.0 Å². The molecule has 0 aromatic heterocycles.